The zero-order chi connectivity index (χ0) is 12.8. The van der Waals surface area contributed by atoms with Crippen molar-refractivity contribution in [2.45, 2.75) is 26.1 Å². The molecule has 0 aliphatic carbocycles. The number of hydrogen-bond acceptors (Lipinski definition) is 3. The molecular formula is C13H21FN2O. The van der Waals surface area contributed by atoms with Gasteiger partial charge in [-0.15, -0.1) is 0 Å². The molecule has 0 fully saturated rings. The second kappa shape index (κ2) is 6.69. The number of rotatable bonds is 6. The van der Waals surface area contributed by atoms with Gasteiger partial charge in [-0.25, -0.2) is 4.39 Å². The molecule has 0 bridgehead atoms. The Balaban J connectivity index is 2.76. The first-order valence-corrected chi connectivity index (χ1v) is 5.75. The van der Waals surface area contributed by atoms with Gasteiger partial charge in [-0.2, -0.15) is 0 Å². The van der Waals surface area contributed by atoms with E-state index in [0.29, 0.717) is 19.7 Å². The van der Waals surface area contributed by atoms with Crippen LogP contribution in [0.4, 0.5) is 4.39 Å². The third-order valence-corrected chi connectivity index (χ3v) is 2.97. The standard InChI is InChI=1S/C13H21FN2O/c1-10(9-17-3)16(2)8-12-6-13(14)5-4-11(12)7-15/h4-6,10H,7-9,15H2,1-3H3. The Morgan fingerprint density at radius 1 is 1.41 bits per heavy atom. The summed E-state index contributed by atoms with van der Waals surface area (Å²) >= 11 is 0. The highest BCUT2D eigenvalue weighted by molar-refractivity contribution is 5.27. The van der Waals surface area contributed by atoms with Crippen LogP contribution < -0.4 is 5.73 Å². The maximum Gasteiger partial charge on any atom is 0.123 e. The van der Waals surface area contributed by atoms with E-state index < -0.39 is 0 Å². The Morgan fingerprint density at radius 2 is 2.12 bits per heavy atom. The highest BCUT2D eigenvalue weighted by Gasteiger charge is 2.11. The van der Waals surface area contributed by atoms with Crippen LogP contribution in [0.15, 0.2) is 18.2 Å². The third kappa shape index (κ3) is 4.07. The first kappa shape index (κ1) is 14.1. The van der Waals surface area contributed by atoms with E-state index in [-0.39, 0.29) is 11.9 Å². The number of methoxy groups -OCH3 is 1. The van der Waals surface area contributed by atoms with Gasteiger partial charge >= 0.3 is 0 Å². The van der Waals surface area contributed by atoms with Crippen molar-refractivity contribution in [2.24, 2.45) is 5.73 Å². The minimum Gasteiger partial charge on any atom is -0.383 e. The molecule has 3 nitrogen and oxygen atoms in total. The fourth-order valence-electron chi connectivity index (χ4n) is 1.73. The predicted molar refractivity (Wildman–Crippen MR) is 67.1 cm³/mol. The zero-order valence-corrected chi connectivity index (χ0v) is 10.7. The van der Waals surface area contributed by atoms with Gasteiger partial charge in [0, 0.05) is 26.2 Å². The van der Waals surface area contributed by atoms with Gasteiger partial charge in [0.05, 0.1) is 6.61 Å². The topological polar surface area (TPSA) is 38.5 Å². The smallest absolute Gasteiger partial charge is 0.123 e. The Hall–Kier alpha value is -0.970. The quantitative estimate of drug-likeness (QED) is 0.823. The number of likely N-dealkylation sites (N-methyl/N-ethyl adjacent to an activating group) is 1. The summed E-state index contributed by atoms with van der Waals surface area (Å²) in [6.45, 7) is 3.84. The van der Waals surface area contributed by atoms with E-state index in [1.807, 2.05) is 7.05 Å². The molecule has 0 heterocycles. The average molecular weight is 240 g/mol. The molecule has 0 spiro atoms. The maximum absolute atomic E-state index is 13.2. The molecule has 1 aromatic carbocycles. The Morgan fingerprint density at radius 3 is 2.71 bits per heavy atom. The number of nitrogens with two attached hydrogens (primary N) is 1. The summed E-state index contributed by atoms with van der Waals surface area (Å²) in [6.07, 6.45) is 0. The lowest BCUT2D eigenvalue weighted by atomic mass is 10.1. The molecule has 0 radical (unpaired) electrons. The molecule has 17 heavy (non-hydrogen) atoms. The van der Waals surface area contributed by atoms with Gasteiger partial charge in [-0.1, -0.05) is 6.07 Å². The van der Waals surface area contributed by atoms with E-state index in [1.54, 1.807) is 19.2 Å². The van der Waals surface area contributed by atoms with Crippen LogP contribution in [0.25, 0.3) is 0 Å². The highest BCUT2D eigenvalue weighted by atomic mass is 19.1. The lowest BCUT2D eigenvalue weighted by Gasteiger charge is -2.25. The number of ether oxygens (including phenoxy) is 1. The Kier molecular flexibility index (Phi) is 5.55. The molecular weight excluding hydrogens is 219 g/mol. The van der Waals surface area contributed by atoms with Crippen LogP contribution in [0.5, 0.6) is 0 Å². The highest BCUT2D eigenvalue weighted by Crippen LogP contribution is 2.14. The van der Waals surface area contributed by atoms with Crippen molar-refractivity contribution in [3.8, 4) is 0 Å². The van der Waals surface area contributed by atoms with Gasteiger partial charge in [-0.3, -0.25) is 4.90 Å². The monoisotopic (exact) mass is 240 g/mol. The van der Waals surface area contributed by atoms with Crippen molar-refractivity contribution in [3.63, 3.8) is 0 Å². The molecule has 1 unspecified atom stereocenters. The van der Waals surface area contributed by atoms with Gasteiger partial charge in [0.25, 0.3) is 0 Å². The molecule has 2 N–H and O–H groups in total. The van der Waals surface area contributed by atoms with Crippen molar-refractivity contribution in [1.82, 2.24) is 4.90 Å². The molecule has 1 atom stereocenters. The summed E-state index contributed by atoms with van der Waals surface area (Å²) in [5.74, 6) is -0.218. The summed E-state index contributed by atoms with van der Waals surface area (Å²) in [6, 6.07) is 5.04. The molecule has 0 aliphatic rings. The van der Waals surface area contributed by atoms with E-state index in [0.717, 1.165) is 11.1 Å². The van der Waals surface area contributed by atoms with Gasteiger partial charge in [0.2, 0.25) is 0 Å². The normalized spacial score (nSPS) is 13.1. The van der Waals surface area contributed by atoms with Crippen LogP contribution in [0.2, 0.25) is 0 Å². The zero-order valence-electron chi connectivity index (χ0n) is 10.7. The minimum absolute atomic E-state index is 0.218. The summed E-state index contributed by atoms with van der Waals surface area (Å²) < 4.78 is 18.3. The van der Waals surface area contributed by atoms with Crippen molar-refractivity contribution in [3.05, 3.63) is 35.1 Å². The molecule has 0 saturated carbocycles. The van der Waals surface area contributed by atoms with Crippen molar-refractivity contribution in [1.29, 1.82) is 0 Å². The number of hydrogen-bond donors (Lipinski definition) is 1. The molecule has 0 amide bonds. The second-order valence-electron chi connectivity index (χ2n) is 4.34. The van der Waals surface area contributed by atoms with Crippen molar-refractivity contribution in [2.75, 3.05) is 20.8 Å². The molecule has 0 saturated heterocycles. The number of nitrogens with zero attached hydrogens (tertiary/aromatic N) is 1. The molecule has 96 valence electrons. The lowest BCUT2D eigenvalue weighted by Crippen LogP contribution is -2.32. The van der Waals surface area contributed by atoms with Crippen molar-refractivity contribution < 1.29 is 9.13 Å². The lowest BCUT2D eigenvalue weighted by molar-refractivity contribution is 0.111. The second-order valence-corrected chi connectivity index (χ2v) is 4.34. The van der Waals surface area contributed by atoms with E-state index in [9.17, 15) is 4.39 Å². The molecule has 4 heteroatoms. The molecule has 0 aromatic heterocycles. The van der Waals surface area contributed by atoms with E-state index in [2.05, 4.69) is 11.8 Å². The third-order valence-electron chi connectivity index (χ3n) is 2.97. The molecule has 1 aromatic rings. The van der Waals surface area contributed by atoms with E-state index >= 15 is 0 Å². The van der Waals surface area contributed by atoms with E-state index in [4.69, 9.17) is 10.5 Å². The fourth-order valence-corrected chi connectivity index (χ4v) is 1.73. The van der Waals surface area contributed by atoms with Gasteiger partial charge < -0.3 is 10.5 Å². The van der Waals surface area contributed by atoms with Crippen LogP contribution in [-0.4, -0.2) is 31.7 Å². The SMILES string of the molecule is COCC(C)N(C)Cc1cc(F)ccc1CN. The first-order chi connectivity index (χ1) is 8.08. The summed E-state index contributed by atoms with van der Waals surface area (Å²) in [4.78, 5) is 2.12. The average Bonchev–Trinajstić information content (AvgIpc) is 2.29. The van der Waals surface area contributed by atoms with Crippen LogP contribution in [0, 0.1) is 5.82 Å². The fraction of sp³-hybridized carbons (Fsp3) is 0.538. The largest absolute Gasteiger partial charge is 0.383 e. The van der Waals surface area contributed by atoms with E-state index in [1.165, 1.54) is 6.07 Å². The van der Waals surface area contributed by atoms with Crippen LogP contribution in [0.1, 0.15) is 18.1 Å². The van der Waals surface area contributed by atoms with Gasteiger partial charge in [-0.05, 0) is 37.2 Å². The maximum atomic E-state index is 13.2. The summed E-state index contributed by atoms with van der Waals surface area (Å²) in [5, 5.41) is 0. The minimum atomic E-state index is -0.218. The summed E-state index contributed by atoms with van der Waals surface area (Å²) in [7, 11) is 3.67. The summed E-state index contributed by atoms with van der Waals surface area (Å²) in [5.41, 5.74) is 7.58. The van der Waals surface area contributed by atoms with Crippen LogP contribution >= 0.6 is 0 Å². The Labute approximate surface area is 102 Å². The van der Waals surface area contributed by atoms with Crippen LogP contribution in [-0.2, 0) is 17.8 Å². The van der Waals surface area contributed by atoms with Crippen molar-refractivity contribution >= 4 is 0 Å². The number of benzene rings is 1. The molecule has 0 aliphatic heterocycles. The van der Waals surface area contributed by atoms with Crippen LogP contribution in [0.3, 0.4) is 0 Å². The first-order valence-electron chi connectivity index (χ1n) is 5.75. The number of halogens is 1. The van der Waals surface area contributed by atoms with Gasteiger partial charge in [0.1, 0.15) is 5.82 Å². The molecule has 1 rings (SSSR count). The van der Waals surface area contributed by atoms with Gasteiger partial charge in [0.15, 0.2) is 0 Å². The predicted octanol–water partition coefficient (Wildman–Crippen LogP) is 1.75. The Bertz CT molecular complexity index is 357.